The lowest BCUT2D eigenvalue weighted by atomic mass is 9.87. The van der Waals surface area contributed by atoms with E-state index in [0.717, 1.165) is 57.7 Å². The van der Waals surface area contributed by atoms with Crippen LogP contribution < -0.4 is 10.1 Å². The number of urea groups is 1. The minimum Gasteiger partial charge on any atom is -0.497 e. The van der Waals surface area contributed by atoms with Crippen molar-refractivity contribution in [3.63, 3.8) is 0 Å². The average molecular weight is 345 g/mol. The van der Waals surface area contributed by atoms with Crippen molar-refractivity contribution in [1.29, 1.82) is 0 Å². The fraction of sp³-hybridized carbons (Fsp3) is 0.650. The van der Waals surface area contributed by atoms with Crippen molar-refractivity contribution < 1.29 is 9.53 Å². The first-order valence-corrected chi connectivity index (χ1v) is 9.44. The highest BCUT2D eigenvalue weighted by Crippen LogP contribution is 2.34. The Hall–Kier alpha value is -1.75. The molecule has 1 aromatic rings. The number of amides is 2. The molecule has 2 aliphatic heterocycles. The molecule has 2 saturated heterocycles. The van der Waals surface area contributed by atoms with Crippen LogP contribution in [0.3, 0.4) is 0 Å². The van der Waals surface area contributed by atoms with E-state index >= 15 is 0 Å². The molecule has 1 N–H and O–H groups in total. The number of hydrogen-bond donors (Lipinski definition) is 1. The maximum absolute atomic E-state index is 13.0. The summed E-state index contributed by atoms with van der Waals surface area (Å²) in [5, 5.41) is 3.44. The van der Waals surface area contributed by atoms with Crippen molar-refractivity contribution in [2.24, 2.45) is 5.92 Å². The third kappa shape index (κ3) is 3.92. The van der Waals surface area contributed by atoms with Crippen LogP contribution >= 0.6 is 0 Å². The summed E-state index contributed by atoms with van der Waals surface area (Å²) in [6.07, 6.45) is 2.99. The summed E-state index contributed by atoms with van der Waals surface area (Å²) in [5.41, 5.74) is 1.27. The monoisotopic (exact) mass is 345 g/mol. The van der Waals surface area contributed by atoms with Crippen molar-refractivity contribution in [3.8, 4) is 5.75 Å². The molecule has 2 fully saturated rings. The number of carbonyl (C=O) groups is 1. The molecule has 1 spiro atoms. The van der Waals surface area contributed by atoms with E-state index in [9.17, 15) is 4.79 Å². The van der Waals surface area contributed by atoms with Crippen molar-refractivity contribution in [2.45, 2.75) is 38.6 Å². The van der Waals surface area contributed by atoms with E-state index in [2.05, 4.69) is 41.1 Å². The number of nitrogens with zero attached hydrogens (tertiary/aromatic N) is 2. The van der Waals surface area contributed by atoms with Crippen molar-refractivity contribution in [2.75, 3.05) is 39.8 Å². The summed E-state index contributed by atoms with van der Waals surface area (Å²) in [4.78, 5) is 17.3. The number of methoxy groups -OCH3 is 1. The van der Waals surface area contributed by atoms with Gasteiger partial charge < -0.3 is 19.9 Å². The predicted octanol–water partition coefficient (Wildman–Crippen LogP) is 2.75. The zero-order valence-electron chi connectivity index (χ0n) is 15.8. The van der Waals surface area contributed by atoms with Crippen LogP contribution in [0.2, 0.25) is 0 Å². The zero-order valence-corrected chi connectivity index (χ0v) is 15.8. The third-order valence-electron chi connectivity index (χ3n) is 5.46. The van der Waals surface area contributed by atoms with Crippen LogP contribution in [0, 0.1) is 5.92 Å². The van der Waals surface area contributed by atoms with Crippen molar-refractivity contribution >= 4 is 6.03 Å². The fourth-order valence-corrected chi connectivity index (χ4v) is 4.15. The van der Waals surface area contributed by atoms with Gasteiger partial charge in [0.2, 0.25) is 0 Å². The molecule has 5 nitrogen and oxygen atoms in total. The first kappa shape index (κ1) is 18.1. The van der Waals surface area contributed by atoms with Crippen LogP contribution in [0.5, 0.6) is 5.75 Å². The summed E-state index contributed by atoms with van der Waals surface area (Å²) in [6, 6.07) is 8.41. The highest BCUT2D eigenvalue weighted by molar-refractivity contribution is 5.78. The number of hydrogen-bond acceptors (Lipinski definition) is 3. The van der Waals surface area contributed by atoms with Gasteiger partial charge in [0.25, 0.3) is 0 Å². The minimum absolute atomic E-state index is 0.0176. The topological polar surface area (TPSA) is 44.8 Å². The Balaban J connectivity index is 1.72. The maximum Gasteiger partial charge on any atom is 0.320 e. The molecule has 0 bridgehead atoms. The van der Waals surface area contributed by atoms with Gasteiger partial charge in [0.05, 0.1) is 12.6 Å². The molecule has 138 valence electrons. The van der Waals surface area contributed by atoms with E-state index in [1.165, 1.54) is 5.56 Å². The second-order valence-corrected chi connectivity index (χ2v) is 7.78. The third-order valence-corrected chi connectivity index (χ3v) is 5.46. The van der Waals surface area contributed by atoms with Gasteiger partial charge in [-0.2, -0.15) is 0 Å². The lowest BCUT2D eigenvalue weighted by molar-refractivity contribution is 0.126. The Labute approximate surface area is 151 Å². The SMILES string of the molecule is COc1ccc(CCN2C(=O)N(CC(C)C)CC23CCNCC3)cc1. The van der Waals surface area contributed by atoms with E-state index in [1.807, 2.05) is 12.1 Å². The molecule has 0 aliphatic carbocycles. The summed E-state index contributed by atoms with van der Waals surface area (Å²) in [7, 11) is 1.68. The number of piperidine rings is 1. The van der Waals surface area contributed by atoms with E-state index in [4.69, 9.17) is 4.74 Å². The van der Waals surface area contributed by atoms with Gasteiger partial charge in [-0.1, -0.05) is 26.0 Å². The Kier molecular flexibility index (Phi) is 5.52. The molecule has 0 radical (unpaired) electrons. The number of benzene rings is 1. The standard InChI is InChI=1S/C20H31N3O2/c1-16(2)14-22-15-20(9-11-21-12-10-20)23(19(22)24)13-8-17-4-6-18(25-3)7-5-17/h4-7,16,21H,8-15H2,1-3H3. The van der Waals surface area contributed by atoms with Crippen LogP contribution in [-0.4, -0.2) is 61.2 Å². The van der Waals surface area contributed by atoms with Gasteiger partial charge in [0.1, 0.15) is 5.75 Å². The Morgan fingerprint density at radius 1 is 1.20 bits per heavy atom. The van der Waals surface area contributed by atoms with Gasteiger partial charge in [-0.25, -0.2) is 4.79 Å². The second-order valence-electron chi connectivity index (χ2n) is 7.78. The molecule has 3 rings (SSSR count). The van der Waals surface area contributed by atoms with Crippen LogP contribution in [0.1, 0.15) is 32.3 Å². The molecule has 2 heterocycles. The number of nitrogens with one attached hydrogen (secondary N) is 1. The Morgan fingerprint density at radius 2 is 1.88 bits per heavy atom. The van der Waals surface area contributed by atoms with Crippen molar-refractivity contribution in [3.05, 3.63) is 29.8 Å². The summed E-state index contributed by atoms with van der Waals surface area (Å²) in [6.45, 7) is 8.90. The smallest absolute Gasteiger partial charge is 0.320 e. The summed E-state index contributed by atoms with van der Waals surface area (Å²) >= 11 is 0. The number of ether oxygens (including phenoxy) is 1. The molecule has 2 aliphatic rings. The zero-order chi connectivity index (χ0) is 17.9. The van der Waals surface area contributed by atoms with E-state index in [1.54, 1.807) is 7.11 Å². The molecule has 0 saturated carbocycles. The Morgan fingerprint density at radius 3 is 2.48 bits per heavy atom. The highest BCUT2D eigenvalue weighted by atomic mass is 16.5. The van der Waals surface area contributed by atoms with Gasteiger partial charge in [0.15, 0.2) is 0 Å². The Bertz CT molecular complexity index is 579. The quantitative estimate of drug-likeness (QED) is 0.862. The van der Waals surface area contributed by atoms with Crippen LogP contribution in [0.4, 0.5) is 4.79 Å². The maximum atomic E-state index is 13.0. The van der Waals surface area contributed by atoms with Gasteiger partial charge in [-0.05, 0) is 56.0 Å². The lowest BCUT2D eigenvalue weighted by Gasteiger charge is -2.40. The second kappa shape index (κ2) is 7.65. The molecule has 5 heteroatoms. The van der Waals surface area contributed by atoms with Crippen LogP contribution in [-0.2, 0) is 6.42 Å². The van der Waals surface area contributed by atoms with Gasteiger partial charge in [-0.3, -0.25) is 0 Å². The normalized spacial score (nSPS) is 19.9. The molecule has 25 heavy (non-hydrogen) atoms. The van der Waals surface area contributed by atoms with Crippen molar-refractivity contribution in [1.82, 2.24) is 15.1 Å². The summed E-state index contributed by atoms with van der Waals surface area (Å²) < 4.78 is 5.23. The number of rotatable bonds is 6. The van der Waals surface area contributed by atoms with Gasteiger partial charge in [0, 0.05) is 19.6 Å². The molecular weight excluding hydrogens is 314 g/mol. The molecule has 1 aromatic carbocycles. The molecule has 2 amide bonds. The number of carbonyl (C=O) groups excluding carboxylic acids is 1. The fourth-order valence-electron chi connectivity index (χ4n) is 4.15. The average Bonchev–Trinajstić information content (AvgIpc) is 2.85. The molecule has 0 atom stereocenters. The van der Waals surface area contributed by atoms with E-state index < -0.39 is 0 Å². The molecule has 0 aromatic heterocycles. The van der Waals surface area contributed by atoms with E-state index in [-0.39, 0.29) is 11.6 Å². The minimum atomic E-state index is 0.0176. The largest absolute Gasteiger partial charge is 0.497 e. The molecular formula is C20H31N3O2. The predicted molar refractivity (Wildman–Crippen MR) is 100 cm³/mol. The van der Waals surface area contributed by atoms with Crippen LogP contribution in [0.25, 0.3) is 0 Å². The molecule has 0 unspecified atom stereocenters. The van der Waals surface area contributed by atoms with E-state index in [0.29, 0.717) is 5.92 Å². The van der Waals surface area contributed by atoms with Gasteiger partial charge in [-0.15, -0.1) is 0 Å². The first-order chi connectivity index (χ1) is 12.0. The first-order valence-electron chi connectivity index (χ1n) is 9.44. The van der Waals surface area contributed by atoms with Crippen LogP contribution in [0.15, 0.2) is 24.3 Å². The highest BCUT2D eigenvalue weighted by Gasteiger charge is 2.49. The summed E-state index contributed by atoms with van der Waals surface area (Å²) in [5.74, 6) is 1.38. The van der Waals surface area contributed by atoms with Gasteiger partial charge >= 0.3 is 6.03 Å². The lowest BCUT2D eigenvalue weighted by Crippen LogP contribution is -2.54.